The lowest BCUT2D eigenvalue weighted by molar-refractivity contribution is -0.870. The van der Waals surface area contributed by atoms with E-state index in [0.29, 0.717) is 0 Å². The van der Waals surface area contributed by atoms with Gasteiger partial charge in [-0.05, 0) is 12.8 Å². The van der Waals surface area contributed by atoms with Crippen molar-refractivity contribution in [3.63, 3.8) is 0 Å². The Labute approximate surface area is 114 Å². The van der Waals surface area contributed by atoms with Crippen molar-refractivity contribution in [2.45, 2.75) is 58.3 Å². The van der Waals surface area contributed by atoms with Gasteiger partial charge in [0.05, 0.1) is 27.7 Å². The molecule has 0 aromatic carbocycles. The molecule has 0 amide bonds. The minimum atomic E-state index is 0. The molecule has 2 heteroatoms. The van der Waals surface area contributed by atoms with Crippen LogP contribution in [0.2, 0.25) is 0 Å². The number of rotatable bonds is 9. The Kier molecular flexibility index (Phi) is 13.5. The van der Waals surface area contributed by atoms with Gasteiger partial charge in [0.2, 0.25) is 0 Å². The van der Waals surface area contributed by atoms with Gasteiger partial charge >= 0.3 is 0 Å². The molecule has 0 aliphatic heterocycles. The maximum Gasteiger partial charge on any atom is 0.0780 e. The maximum atomic E-state index is 2.28. The van der Waals surface area contributed by atoms with Crippen LogP contribution < -0.4 is 24.0 Å². The Hall–Kier alpha value is 0.690. The van der Waals surface area contributed by atoms with E-state index in [9.17, 15) is 0 Å². The molecule has 0 saturated heterocycles. The number of hydrogen-bond acceptors (Lipinski definition) is 0. The van der Waals surface area contributed by atoms with Crippen molar-refractivity contribution in [2.24, 2.45) is 0 Å². The van der Waals surface area contributed by atoms with Gasteiger partial charge in [-0.3, -0.25) is 0 Å². The Morgan fingerprint density at radius 3 is 1.47 bits per heavy atom. The summed E-state index contributed by atoms with van der Waals surface area (Å²) in [4.78, 5) is 0. The van der Waals surface area contributed by atoms with Gasteiger partial charge in [-0.15, -0.1) is 0 Å². The van der Waals surface area contributed by atoms with Crippen molar-refractivity contribution >= 4 is 0 Å². The van der Waals surface area contributed by atoms with E-state index in [1.807, 2.05) is 0 Å². The molecule has 0 N–H and O–H groups in total. The molecule has 0 saturated carbocycles. The SMILES string of the molecule is CCCCCCCCCC[N+](C)(C)C.[I-]. The van der Waals surface area contributed by atoms with E-state index in [-0.39, 0.29) is 24.0 Å². The molecule has 0 bridgehead atoms. The molecule has 1 nitrogen and oxygen atoms in total. The second kappa shape index (κ2) is 11.2. The largest absolute Gasteiger partial charge is 1.00 e. The molecule has 0 spiro atoms. The Balaban J connectivity index is 0. The minimum Gasteiger partial charge on any atom is -1.00 e. The standard InChI is InChI=1S/C13H30N.HI/c1-5-6-7-8-9-10-11-12-13-14(2,3)4;/h5-13H2,1-4H3;1H/q+1;/p-1. The fourth-order valence-corrected chi connectivity index (χ4v) is 1.72. The topological polar surface area (TPSA) is 0 Å². The van der Waals surface area contributed by atoms with Crippen molar-refractivity contribution in [3.05, 3.63) is 0 Å². The van der Waals surface area contributed by atoms with Gasteiger partial charge in [-0.25, -0.2) is 0 Å². The Morgan fingerprint density at radius 1 is 0.667 bits per heavy atom. The second-order valence-electron chi connectivity index (χ2n) is 5.49. The summed E-state index contributed by atoms with van der Waals surface area (Å²) in [5.41, 5.74) is 0. The number of nitrogens with zero attached hydrogens (tertiary/aromatic N) is 1. The summed E-state index contributed by atoms with van der Waals surface area (Å²) in [6, 6.07) is 0. The fourth-order valence-electron chi connectivity index (χ4n) is 1.72. The van der Waals surface area contributed by atoms with Gasteiger partial charge in [0.25, 0.3) is 0 Å². The predicted octanol–water partition coefficient (Wildman–Crippen LogP) is 0.837. The van der Waals surface area contributed by atoms with Crippen LogP contribution >= 0.6 is 0 Å². The third-order valence-electron chi connectivity index (χ3n) is 2.68. The van der Waals surface area contributed by atoms with Gasteiger partial charge in [0.15, 0.2) is 0 Å². The maximum absolute atomic E-state index is 2.28. The third-order valence-corrected chi connectivity index (χ3v) is 2.68. The summed E-state index contributed by atoms with van der Waals surface area (Å²) in [6.45, 7) is 3.61. The Morgan fingerprint density at radius 2 is 1.07 bits per heavy atom. The molecular weight excluding hydrogens is 297 g/mol. The summed E-state index contributed by atoms with van der Waals surface area (Å²) < 4.78 is 1.12. The van der Waals surface area contributed by atoms with Gasteiger partial charge in [0.1, 0.15) is 0 Å². The quantitative estimate of drug-likeness (QED) is 0.334. The summed E-state index contributed by atoms with van der Waals surface area (Å²) in [5, 5.41) is 0. The van der Waals surface area contributed by atoms with Crippen LogP contribution in [0.1, 0.15) is 58.3 Å². The molecule has 0 aromatic heterocycles. The molecular formula is C13H30IN. The fraction of sp³-hybridized carbons (Fsp3) is 1.00. The van der Waals surface area contributed by atoms with Crippen molar-refractivity contribution in [3.8, 4) is 0 Å². The number of quaternary nitrogens is 1. The van der Waals surface area contributed by atoms with Gasteiger partial charge < -0.3 is 28.5 Å². The molecule has 0 atom stereocenters. The van der Waals surface area contributed by atoms with Crippen LogP contribution in [0.4, 0.5) is 0 Å². The molecule has 0 aromatic rings. The van der Waals surface area contributed by atoms with Crippen LogP contribution in [0, 0.1) is 0 Å². The lowest BCUT2D eigenvalue weighted by Crippen LogP contribution is -3.00. The van der Waals surface area contributed by atoms with E-state index in [0.717, 1.165) is 4.48 Å². The van der Waals surface area contributed by atoms with Crippen molar-refractivity contribution < 1.29 is 28.5 Å². The molecule has 94 valence electrons. The average molecular weight is 327 g/mol. The first-order chi connectivity index (χ1) is 6.56. The highest BCUT2D eigenvalue weighted by Crippen LogP contribution is 2.09. The second-order valence-corrected chi connectivity index (χ2v) is 5.49. The van der Waals surface area contributed by atoms with Crippen LogP contribution in [-0.2, 0) is 0 Å². The van der Waals surface area contributed by atoms with Crippen molar-refractivity contribution in [1.29, 1.82) is 0 Å². The highest BCUT2D eigenvalue weighted by Gasteiger charge is 2.04. The van der Waals surface area contributed by atoms with Gasteiger partial charge in [0, 0.05) is 0 Å². The molecule has 0 radical (unpaired) electrons. The number of hydrogen-bond donors (Lipinski definition) is 0. The first-order valence-corrected chi connectivity index (χ1v) is 6.36. The average Bonchev–Trinajstić information content (AvgIpc) is 2.08. The van der Waals surface area contributed by atoms with Crippen LogP contribution in [0.5, 0.6) is 0 Å². The first-order valence-electron chi connectivity index (χ1n) is 6.36. The number of unbranched alkanes of at least 4 members (excludes halogenated alkanes) is 7. The molecule has 0 unspecified atom stereocenters. The lowest BCUT2D eigenvalue weighted by atomic mass is 10.1. The van der Waals surface area contributed by atoms with Crippen LogP contribution in [0.25, 0.3) is 0 Å². The predicted molar refractivity (Wildman–Crippen MR) is 65.5 cm³/mol. The summed E-state index contributed by atoms with van der Waals surface area (Å²) >= 11 is 0. The zero-order chi connectivity index (χ0) is 10.9. The van der Waals surface area contributed by atoms with Crippen LogP contribution in [0.3, 0.4) is 0 Å². The van der Waals surface area contributed by atoms with E-state index < -0.39 is 0 Å². The number of halogens is 1. The third kappa shape index (κ3) is 17.3. The highest BCUT2D eigenvalue weighted by atomic mass is 127. The smallest absolute Gasteiger partial charge is 0.0780 e. The normalized spacial score (nSPS) is 11.2. The molecule has 0 aliphatic carbocycles. The molecule has 15 heavy (non-hydrogen) atoms. The van der Waals surface area contributed by atoms with Crippen molar-refractivity contribution in [1.82, 2.24) is 0 Å². The molecule has 0 aliphatic rings. The highest BCUT2D eigenvalue weighted by molar-refractivity contribution is 4.45. The zero-order valence-electron chi connectivity index (χ0n) is 11.2. The molecule has 0 heterocycles. The molecule has 0 rings (SSSR count). The van der Waals surface area contributed by atoms with E-state index in [1.54, 1.807) is 0 Å². The minimum absolute atomic E-state index is 0. The molecule has 0 fully saturated rings. The van der Waals surface area contributed by atoms with Crippen LogP contribution in [0.15, 0.2) is 0 Å². The van der Waals surface area contributed by atoms with Gasteiger partial charge in [-0.1, -0.05) is 45.4 Å². The lowest BCUT2D eigenvalue weighted by Gasteiger charge is -2.23. The zero-order valence-corrected chi connectivity index (χ0v) is 13.3. The van der Waals surface area contributed by atoms with E-state index in [2.05, 4.69) is 28.1 Å². The first kappa shape index (κ1) is 18.1. The van der Waals surface area contributed by atoms with Gasteiger partial charge in [-0.2, -0.15) is 0 Å². The summed E-state index contributed by atoms with van der Waals surface area (Å²) in [6.07, 6.45) is 11.4. The van der Waals surface area contributed by atoms with E-state index in [4.69, 9.17) is 0 Å². The summed E-state index contributed by atoms with van der Waals surface area (Å²) in [7, 11) is 6.84. The van der Waals surface area contributed by atoms with Crippen molar-refractivity contribution in [2.75, 3.05) is 27.7 Å². The monoisotopic (exact) mass is 327 g/mol. The Bertz CT molecular complexity index is 118. The van der Waals surface area contributed by atoms with Crippen LogP contribution in [-0.4, -0.2) is 32.2 Å². The summed E-state index contributed by atoms with van der Waals surface area (Å²) in [5.74, 6) is 0. The van der Waals surface area contributed by atoms with E-state index in [1.165, 1.54) is 57.9 Å². The van der Waals surface area contributed by atoms with E-state index >= 15 is 0 Å².